The van der Waals surface area contributed by atoms with Crippen molar-refractivity contribution in [1.82, 2.24) is 19.8 Å². The van der Waals surface area contributed by atoms with Gasteiger partial charge in [-0.2, -0.15) is 0 Å². The zero-order valence-corrected chi connectivity index (χ0v) is 24.4. The van der Waals surface area contributed by atoms with Gasteiger partial charge >= 0.3 is 0 Å². The number of amides is 2. The molecule has 0 aliphatic carbocycles. The summed E-state index contributed by atoms with van der Waals surface area (Å²) in [5.41, 5.74) is 7.00. The lowest BCUT2D eigenvalue weighted by atomic mass is 10.1. The van der Waals surface area contributed by atoms with Crippen LogP contribution >= 0.6 is 0 Å². The van der Waals surface area contributed by atoms with E-state index >= 15 is 0 Å². The van der Waals surface area contributed by atoms with Crippen molar-refractivity contribution in [2.45, 2.75) is 20.4 Å². The summed E-state index contributed by atoms with van der Waals surface area (Å²) in [6.45, 7) is 7.56. The number of hydrogen-bond acceptors (Lipinski definition) is 6. The van der Waals surface area contributed by atoms with E-state index in [0.717, 1.165) is 77.4 Å². The molecule has 0 bridgehead atoms. The van der Waals surface area contributed by atoms with E-state index in [0.29, 0.717) is 11.5 Å². The van der Waals surface area contributed by atoms with Crippen LogP contribution in [0.5, 0.6) is 0 Å². The van der Waals surface area contributed by atoms with Gasteiger partial charge in [-0.05, 0) is 54.4 Å². The summed E-state index contributed by atoms with van der Waals surface area (Å²) < 4.78 is 0. The summed E-state index contributed by atoms with van der Waals surface area (Å²) in [5.74, 6) is 0.447. The predicted molar refractivity (Wildman–Crippen MR) is 171 cm³/mol. The molecular formula is C35H34N6O2. The Bertz CT molecular complexity index is 1760. The van der Waals surface area contributed by atoms with Crippen LogP contribution in [0.2, 0.25) is 0 Å². The fraction of sp³-hybridized carbons (Fsp3) is 0.200. The first-order chi connectivity index (χ1) is 20.9. The highest BCUT2D eigenvalue weighted by Gasteiger charge is 2.19. The van der Waals surface area contributed by atoms with Crippen LogP contribution in [-0.2, 0) is 11.3 Å². The molecule has 43 heavy (non-hydrogen) atoms. The number of rotatable bonds is 7. The number of para-hydroxylation sites is 1. The second-order valence-electron chi connectivity index (χ2n) is 10.9. The average Bonchev–Trinajstić information content (AvgIpc) is 3.03. The monoisotopic (exact) mass is 570 g/mol. The molecule has 0 radical (unpaired) electrons. The van der Waals surface area contributed by atoms with E-state index in [4.69, 9.17) is 9.97 Å². The number of aryl methyl sites for hydroxylation is 1. The van der Waals surface area contributed by atoms with Crippen LogP contribution in [-0.4, -0.2) is 57.8 Å². The summed E-state index contributed by atoms with van der Waals surface area (Å²) in [6, 6.07) is 31.5. The second kappa shape index (κ2) is 12.4. The fourth-order valence-electron chi connectivity index (χ4n) is 5.36. The van der Waals surface area contributed by atoms with Crippen molar-refractivity contribution < 1.29 is 9.59 Å². The van der Waals surface area contributed by atoms with Crippen LogP contribution in [0.25, 0.3) is 22.2 Å². The molecule has 0 atom stereocenters. The van der Waals surface area contributed by atoms with Crippen LogP contribution in [0.1, 0.15) is 28.4 Å². The smallest absolute Gasteiger partial charge is 0.255 e. The van der Waals surface area contributed by atoms with E-state index in [9.17, 15) is 9.59 Å². The number of benzene rings is 4. The van der Waals surface area contributed by atoms with Gasteiger partial charge in [-0.3, -0.25) is 14.5 Å². The maximum absolute atomic E-state index is 13.2. The zero-order chi connectivity index (χ0) is 29.8. The van der Waals surface area contributed by atoms with Crippen molar-refractivity contribution in [1.29, 1.82) is 0 Å². The SMILES string of the molecule is CC(=O)N1CCN(Cc2ccc(C)c(NC(=O)c3ccc(Nc4nc(-c5ccccc5)c5ccccc5n4)cc3)c2)CC1. The Morgan fingerprint density at radius 1 is 0.814 bits per heavy atom. The van der Waals surface area contributed by atoms with Crippen molar-refractivity contribution in [2.75, 3.05) is 36.8 Å². The van der Waals surface area contributed by atoms with Gasteiger partial charge in [0.2, 0.25) is 11.9 Å². The first kappa shape index (κ1) is 28.1. The van der Waals surface area contributed by atoms with Crippen LogP contribution in [0.4, 0.5) is 17.3 Å². The molecule has 4 aromatic carbocycles. The Hall–Kier alpha value is -5.08. The number of nitrogens with zero attached hydrogens (tertiary/aromatic N) is 4. The van der Waals surface area contributed by atoms with Crippen LogP contribution in [0.3, 0.4) is 0 Å². The van der Waals surface area contributed by atoms with Gasteiger partial charge in [0, 0.05) is 67.5 Å². The van der Waals surface area contributed by atoms with Gasteiger partial charge in [0.25, 0.3) is 5.91 Å². The van der Waals surface area contributed by atoms with Gasteiger partial charge in [0.1, 0.15) is 0 Å². The average molecular weight is 571 g/mol. The molecule has 2 amide bonds. The van der Waals surface area contributed by atoms with E-state index in [-0.39, 0.29) is 11.8 Å². The van der Waals surface area contributed by atoms with E-state index in [1.165, 1.54) is 0 Å². The van der Waals surface area contributed by atoms with Crippen LogP contribution in [0.15, 0.2) is 97.1 Å². The van der Waals surface area contributed by atoms with Gasteiger partial charge in [-0.1, -0.05) is 60.7 Å². The van der Waals surface area contributed by atoms with Crippen molar-refractivity contribution in [3.8, 4) is 11.3 Å². The lowest BCUT2D eigenvalue weighted by molar-refractivity contribution is -0.130. The summed E-state index contributed by atoms with van der Waals surface area (Å²) in [4.78, 5) is 38.6. The summed E-state index contributed by atoms with van der Waals surface area (Å²) in [5, 5.41) is 7.38. The summed E-state index contributed by atoms with van der Waals surface area (Å²) >= 11 is 0. The van der Waals surface area contributed by atoms with Crippen LogP contribution in [0, 0.1) is 6.92 Å². The topological polar surface area (TPSA) is 90.5 Å². The number of fused-ring (bicyclic) bond motifs is 1. The third-order valence-corrected chi connectivity index (χ3v) is 7.83. The lowest BCUT2D eigenvalue weighted by Crippen LogP contribution is -2.47. The Morgan fingerprint density at radius 3 is 2.28 bits per heavy atom. The van der Waals surface area contributed by atoms with E-state index in [1.807, 2.05) is 90.7 Å². The molecule has 8 nitrogen and oxygen atoms in total. The van der Waals surface area contributed by atoms with Gasteiger partial charge in [-0.15, -0.1) is 0 Å². The maximum Gasteiger partial charge on any atom is 0.255 e. The molecule has 0 unspecified atom stereocenters. The van der Waals surface area contributed by atoms with Crippen molar-refractivity contribution in [2.24, 2.45) is 0 Å². The number of nitrogens with one attached hydrogen (secondary N) is 2. The number of carbonyl (C=O) groups excluding carboxylic acids is 2. The van der Waals surface area contributed by atoms with Crippen molar-refractivity contribution in [3.63, 3.8) is 0 Å². The molecule has 0 spiro atoms. The van der Waals surface area contributed by atoms with Crippen molar-refractivity contribution in [3.05, 3.63) is 114 Å². The Kier molecular flexibility index (Phi) is 8.11. The number of aromatic nitrogens is 2. The number of piperazine rings is 1. The number of carbonyl (C=O) groups is 2. The lowest BCUT2D eigenvalue weighted by Gasteiger charge is -2.34. The Morgan fingerprint density at radius 2 is 1.53 bits per heavy atom. The molecule has 2 N–H and O–H groups in total. The largest absolute Gasteiger partial charge is 0.340 e. The first-order valence-corrected chi connectivity index (χ1v) is 14.5. The normalized spacial score (nSPS) is 13.6. The van der Waals surface area contributed by atoms with Crippen molar-refractivity contribution >= 4 is 40.0 Å². The number of anilines is 3. The highest BCUT2D eigenvalue weighted by Crippen LogP contribution is 2.28. The zero-order valence-electron chi connectivity index (χ0n) is 24.4. The molecule has 2 heterocycles. The van der Waals surface area contributed by atoms with Gasteiger partial charge in [0.15, 0.2) is 0 Å². The van der Waals surface area contributed by atoms with Gasteiger partial charge < -0.3 is 15.5 Å². The third kappa shape index (κ3) is 6.55. The molecule has 0 saturated carbocycles. The van der Waals surface area contributed by atoms with Gasteiger partial charge in [-0.25, -0.2) is 9.97 Å². The fourth-order valence-corrected chi connectivity index (χ4v) is 5.36. The molecular weight excluding hydrogens is 536 g/mol. The minimum atomic E-state index is -0.171. The molecule has 216 valence electrons. The highest BCUT2D eigenvalue weighted by atomic mass is 16.2. The minimum absolute atomic E-state index is 0.128. The molecule has 6 rings (SSSR count). The first-order valence-electron chi connectivity index (χ1n) is 14.5. The van der Waals surface area contributed by atoms with E-state index in [1.54, 1.807) is 19.1 Å². The van der Waals surface area contributed by atoms with E-state index in [2.05, 4.69) is 21.6 Å². The molecule has 5 aromatic rings. The van der Waals surface area contributed by atoms with Crippen LogP contribution < -0.4 is 10.6 Å². The molecule has 8 heteroatoms. The number of hydrogen-bond donors (Lipinski definition) is 2. The quantitative estimate of drug-likeness (QED) is 0.240. The second-order valence-corrected chi connectivity index (χ2v) is 10.9. The Labute approximate surface area is 251 Å². The Balaban J connectivity index is 1.13. The maximum atomic E-state index is 13.2. The molecule has 1 fully saturated rings. The highest BCUT2D eigenvalue weighted by molar-refractivity contribution is 6.05. The minimum Gasteiger partial charge on any atom is -0.340 e. The molecule has 1 aliphatic rings. The molecule has 1 aliphatic heterocycles. The summed E-state index contributed by atoms with van der Waals surface area (Å²) in [7, 11) is 0. The van der Waals surface area contributed by atoms with Gasteiger partial charge in [0.05, 0.1) is 11.2 Å². The predicted octanol–water partition coefficient (Wildman–Crippen LogP) is 6.27. The standard InChI is InChI=1S/C35H34N6O2/c1-24-12-13-26(23-40-18-20-41(21-19-40)25(2)42)22-32(24)37-34(43)28-14-16-29(17-15-28)36-35-38-31-11-7-6-10-30(31)33(39-35)27-8-4-3-5-9-27/h3-17,22H,18-21,23H2,1-2H3,(H,37,43)(H,36,38,39). The van der Waals surface area contributed by atoms with E-state index < -0.39 is 0 Å². The molecule has 1 aromatic heterocycles. The summed E-state index contributed by atoms with van der Waals surface area (Å²) in [6.07, 6.45) is 0. The third-order valence-electron chi connectivity index (χ3n) is 7.83. The molecule has 1 saturated heterocycles.